The van der Waals surface area contributed by atoms with Crippen LogP contribution in [0.25, 0.3) is 0 Å². The van der Waals surface area contributed by atoms with Crippen molar-refractivity contribution >= 4 is 0 Å². The number of hydrogen-bond acceptors (Lipinski definition) is 0. The van der Waals surface area contributed by atoms with Crippen molar-refractivity contribution in [3.05, 3.63) is 36.5 Å². The van der Waals surface area contributed by atoms with Crippen molar-refractivity contribution in [3.63, 3.8) is 0 Å². The van der Waals surface area contributed by atoms with Gasteiger partial charge in [0.25, 0.3) is 0 Å². The summed E-state index contributed by atoms with van der Waals surface area (Å²) in [7, 11) is 0. The molecule has 0 spiro atoms. The molecule has 112 valence electrons. The third kappa shape index (κ3) is 2.67. The Morgan fingerprint density at radius 1 is 1.30 bits per heavy atom. The quantitative estimate of drug-likeness (QED) is 0.417. The molecule has 0 heteroatoms. The maximum atomic E-state index is 4.43. The first-order valence-electron chi connectivity index (χ1n) is 8.28. The van der Waals surface area contributed by atoms with E-state index in [4.69, 9.17) is 0 Å². The molecule has 2 aliphatic carbocycles. The topological polar surface area (TPSA) is 0 Å². The Morgan fingerprint density at radius 3 is 2.65 bits per heavy atom. The number of fused-ring (bicyclic) bond motifs is 1. The molecule has 2 fully saturated rings. The highest BCUT2D eigenvalue weighted by molar-refractivity contribution is 5.20. The van der Waals surface area contributed by atoms with E-state index < -0.39 is 0 Å². The van der Waals surface area contributed by atoms with Gasteiger partial charge in [-0.1, -0.05) is 63.6 Å². The van der Waals surface area contributed by atoms with Gasteiger partial charge in [0.15, 0.2) is 0 Å². The fourth-order valence-electron chi connectivity index (χ4n) is 5.10. The van der Waals surface area contributed by atoms with Crippen LogP contribution in [0.2, 0.25) is 0 Å². The fraction of sp³-hybridized carbons (Fsp3) is 0.700. The van der Waals surface area contributed by atoms with Gasteiger partial charge in [0, 0.05) is 0 Å². The molecular weight excluding hydrogens is 240 g/mol. The van der Waals surface area contributed by atoms with E-state index in [2.05, 4.69) is 46.9 Å². The molecule has 2 saturated carbocycles. The van der Waals surface area contributed by atoms with Crippen LogP contribution >= 0.6 is 0 Å². The summed E-state index contributed by atoms with van der Waals surface area (Å²) < 4.78 is 0. The Morgan fingerprint density at radius 2 is 2.00 bits per heavy atom. The van der Waals surface area contributed by atoms with E-state index in [-0.39, 0.29) is 0 Å². The van der Waals surface area contributed by atoms with Crippen molar-refractivity contribution in [2.75, 3.05) is 0 Å². The lowest BCUT2D eigenvalue weighted by atomic mass is 9.47. The molecule has 0 aliphatic heterocycles. The summed E-state index contributed by atoms with van der Waals surface area (Å²) in [6.07, 6.45) is 12.2. The number of hydrogen-bond donors (Lipinski definition) is 0. The van der Waals surface area contributed by atoms with Crippen molar-refractivity contribution in [3.8, 4) is 0 Å². The van der Waals surface area contributed by atoms with Crippen LogP contribution in [0, 0.1) is 22.7 Å². The zero-order valence-electron chi connectivity index (χ0n) is 14.0. The largest absolute Gasteiger partial charge is 0.0995 e. The van der Waals surface area contributed by atoms with Crippen LogP contribution < -0.4 is 0 Å². The Labute approximate surface area is 126 Å². The summed E-state index contributed by atoms with van der Waals surface area (Å²) in [5.74, 6) is 1.52. The lowest BCUT2D eigenvalue weighted by Crippen LogP contribution is -2.49. The highest BCUT2D eigenvalue weighted by atomic mass is 14.6. The molecule has 0 aromatic rings. The SMILES string of the molecule is C=C/C(C)=C/C[C@H]1C(=C)CC[C@H]2C(C)(C)CCC[C@]12C. The molecule has 20 heavy (non-hydrogen) atoms. The average Bonchev–Trinajstić information content (AvgIpc) is 2.36. The molecule has 0 heterocycles. The second-order valence-electron chi connectivity index (χ2n) is 8.04. The smallest absolute Gasteiger partial charge is 0.0114 e. The molecule has 0 bridgehead atoms. The highest BCUT2D eigenvalue weighted by Gasteiger charge is 2.52. The van der Waals surface area contributed by atoms with Gasteiger partial charge >= 0.3 is 0 Å². The molecule has 0 saturated heterocycles. The Balaban J connectivity index is 2.28. The molecule has 3 atom stereocenters. The molecular formula is C20H32. The van der Waals surface area contributed by atoms with Gasteiger partial charge in [-0.05, 0) is 61.7 Å². The molecule has 0 N–H and O–H groups in total. The van der Waals surface area contributed by atoms with Crippen LogP contribution in [0.4, 0.5) is 0 Å². The third-order valence-electron chi connectivity index (χ3n) is 6.32. The second-order valence-corrected chi connectivity index (χ2v) is 8.04. The standard InChI is InChI=1S/C20H32/c1-7-15(2)9-11-17-16(3)10-12-18-19(4,5)13-8-14-20(17,18)6/h7,9,17-18H,1,3,8,10-14H2,2,4-6H3/b15-9+/t17-,18-,20+/m0/s1. The predicted octanol–water partition coefficient (Wildman–Crippen LogP) is 6.31. The zero-order chi connectivity index (χ0) is 15.0. The van der Waals surface area contributed by atoms with E-state index in [1.54, 1.807) is 0 Å². The van der Waals surface area contributed by atoms with Crippen LogP contribution in [0.1, 0.15) is 66.2 Å². The van der Waals surface area contributed by atoms with E-state index in [0.717, 1.165) is 12.3 Å². The molecule has 2 aliphatic rings. The van der Waals surface area contributed by atoms with Gasteiger partial charge in [-0.15, -0.1) is 0 Å². The van der Waals surface area contributed by atoms with Crippen LogP contribution in [-0.4, -0.2) is 0 Å². The van der Waals surface area contributed by atoms with Gasteiger partial charge in [-0.2, -0.15) is 0 Å². The Bertz CT molecular complexity index is 423. The van der Waals surface area contributed by atoms with Gasteiger partial charge in [0.2, 0.25) is 0 Å². The highest BCUT2D eigenvalue weighted by Crippen LogP contribution is 2.61. The van der Waals surface area contributed by atoms with Gasteiger partial charge < -0.3 is 0 Å². The van der Waals surface area contributed by atoms with Crippen molar-refractivity contribution in [1.29, 1.82) is 0 Å². The second kappa shape index (κ2) is 5.54. The Hall–Kier alpha value is -0.780. The fourth-order valence-corrected chi connectivity index (χ4v) is 5.10. The van der Waals surface area contributed by atoms with E-state index in [0.29, 0.717) is 16.7 Å². The zero-order valence-corrected chi connectivity index (χ0v) is 14.0. The van der Waals surface area contributed by atoms with Crippen molar-refractivity contribution in [1.82, 2.24) is 0 Å². The van der Waals surface area contributed by atoms with Crippen LogP contribution in [0.3, 0.4) is 0 Å². The van der Waals surface area contributed by atoms with Gasteiger partial charge in [0.05, 0.1) is 0 Å². The summed E-state index contributed by atoms with van der Waals surface area (Å²) in [6, 6.07) is 0. The van der Waals surface area contributed by atoms with Gasteiger partial charge in [-0.3, -0.25) is 0 Å². The van der Waals surface area contributed by atoms with Gasteiger partial charge in [-0.25, -0.2) is 0 Å². The summed E-state index contributed by atoms with van der Waals surface area (Å²) in [6.45, 7) is 18.0. The van der Waals surface area contributed by atoms with Crippen molar-refractivity contribution in [2.45, 2.75) is 66.2 Å². The minimum atomic E-state index is 0.453. The van der Waals surface area contributed by atoms with Crippen molar-refractivity contribution < 1.29 is 0 Å². The molecule has 0 unspecified atom stereocenters. The molecule has 0 radical (unpaired) electrons. The van der Waals surface area contributed by atoms with E-state index in [9.17, 15) is 0 Å². The summed E-state index contributed by atoms with van der Waals surface area (Å²) in [5.41, 5.74) is 3.76. The predicted molar refractivity (Wildman–Crippen MR) is 89.7 cm³/mol. The van der Waals surface area contributed by atoms with Crippen LogP contribution in [0.15, 0.2) is 36.5 Å². The third-order valence-corrected chi connectivity index (χ3v) is 6.32. The van der Waals surface area contributed by atoms with Gasteiger partial charge in [0.1, 0.15) is 0 Å². The lowest BCUT2D eigenvalue weighted by Gasteiger charge is -2.58. The maximum absolute atomic E-state index is 4.43. The van der Waals surface area contributed by atoms with E-state index in [1.165, 1.54) is 43.3 Å². The molecule has 2 rings (SSSR count). The molecule has 0 aromatic carbocycles. The Kier molecular flexibility index (Phi) is 4.33. The minimum absolute atomic E-state index is 0.453. The lowest BCUT2D eigenvalue weighted by molar-refractivity contribution is -0.0510. The van der Waals surface area contributed by atoms with Crippen molar-refractivity contribution in [2.24, 2.45) is 22.7 Å². The normalized spacial score (nSPS) is 37.4. The molecule has 0 aromatic heterocycles. The van der Waals surface area contributed by atoms with Crippen LogP contribution in [-0.2, 0) is 0 Å². The van der Waals surface area contributed by atoms with E-state index >= 15 is 0 Å². The summed E-state index contributed by atoms with van der Waals surface area (Å²) in [4.78, 5) is 0. The monoisotopic (exact) mass is 272 g/mol. The minimum Gasteiger partial charge on any atom is -0.0995 e. The summed E-state index contributed by atoms with van der Waals surface area (Å²) >= 11 is 0. The first-order chi connectivity index (χ1) is 9.31. The number of rotatable bonds is 3. The van der Waals surface area contributed by atoms with Crippen LogP contribution in [0.5, 0.6) is 0 Å². The van der Waals surface area contributed by atoms with E-state index in [1.807, 2.05) is 6.08 Å². The molecule has 0 amide bonds. The first kappa shape index (κ1) is 15.6. The average molecular weight is 272 g/mol. The first-order valence-corrected chi connectivity index (χ1v) is 8.28. The molecule has 0 nitrogen and oxygen atoms in total. The number of allylic oxidation sites excluding steroid dienone is 4. The maximum Gasteiger partial charge on any atom is -0.0114 e. The summed E-state index contributed by atoms with van der Waals surface area (Å²) in [5, 5.41) is 0.